The van der Waals surface area contributed by atoms with Gasteiger partial charge in [0.1, 0.15) is 0 Å². The Kier molecular flexibility index (Phi) is 3.77. The Hall–Kier alpha value is -1.22. The van der Waals surface area contributed by atoms with E-state index in [0.29, 0.717) is 17.7 Å². The molecule has 0 aromatic heterocycles. The first kappa shape index (κ1) is 10.9. The average molecular weight is 210 g/mol. The molecule has 0 saturated heterocycles. The first-order valence-electron chi connectivity index (χ1n) is 3.96. The van der Waals surface area contributed by atoms with Crippen molar-refractivity contribution in [3.8, 4) is 6.07 Å². The van der Waals surface area contributed by atoms with Crippen LogP contribution in [0, 0.1) is 11.3 Å². The molecule has 4 nitrogen and oxygen atoms in total. The summed E-state index contributed by atoms with van der Waals surface area (Å²) in [5.74, 6) is -0.0201. The highest BCUT2D eigenvalue weighted by Crippen LogP contribution is 2.12. The van der Waals surface area contributed by atoms with E-state index >= 15 is 0 Å². The number of benzene rings is 1. The number of nitriles is 1. The van der Waals surface area contributed by atoms with Crippen molar-refractivity contribution >= 4 is 11.1 Å². The lowest BCUT2D eigenvalue weighted by molar-refractivity contribution is 0.563. The molecule has 0 aliphatic carbocycles. The second-order valence-corrected chi connectivity index (χ2v) is 3.70. The standard InChI is InChI=1S/C9H10N2O2S/c10-4-7-1-2-8(6-14(12)13)9(3-7)5-11/h1-3H,4,6,10H2,(H,12,13). The quantitative estimate of drug-likeness (QED) is 0.720. The third kappa shape index (κ3) is 2.64. The Morgan fingerprint density at radius 2 is 2.29 bits per heavy atom. The molecule has 1 atom stereocenters. The molecule has 0 bridgehead atoms. The molecule has 3 N–H and O–H groups in total. The van der Waals surface area contributed by atoms with Gasteiger partial charge in [-0.15, -0.1) is 0 Å². The van der Waals surface area contributed by atoms with Gasteiger partial charge in [-0.1, -0.05) is 12.1 Å². The highest BCUT2D eigenvalue weighted by molar-refractivity contribution is 7.78. The number of nitrogens with zero attached hydrogens (tertiary/aromatic N) is 1. The maximum absolute atomic E-state index is 10.6. The van der Waals surface area contributed by atoms with E-state index in [1.54, 1.807) is 18.2 Å². The zero-order valence-electron chi connectivity index (χ0n) is 7.43. The first-order valence-corrected chi connectivity index (χ1v) is 5.24. The van der Waals surface area contributed by atoms with Gasteiger partial charge in [0.25, 0.3) is 0 Å². The number of hydrogen-bond donors (Lipinski definition) is 2. The van der Waals surface area contributed by atoms with Gasteiger partial charge in [0, 0.05) is 6.54 Å². The molecule has 0 aliphatic rings. The molecule has 1 rings (SSSR count). The van der Waals surface area contributed by atoms with Crippen LogP contribution in [0.2, 0.25) is 0 Å². The molecule has 1 unspecified atom stereocenters. The van der Waals surface area contributed by atoms with Gasteiger partial charge in [0.05, 0.1) is 17.4 Å². The monoisotopic (exact) mass is 210 g/mol. The van der Waals surface area contributed by atoms with E-state index in [2.05, 4.69) is 0 Å². The van der Waals surface area contributed by atoms with Crippen molar-refractivity contribution < 1.29 is 8.76 Å². The van der Waals surface area contributed by atoms with Gasteiger partial charge < -0.3 is 10.3 Å². The van der Waals surface area contributed by atoms with Crippen LogP contribution in [-0.4, -0.2) is 8.76 Å². The highest BCUT2D eigenvalue weighted by atomic mass is 32.2. The van der Waals surface area contributed by atoms with Gasteiger partial charge in [-0.25, -0.2) is 4.21 Å². The van der Waals surface area contributed by atoms with Crippen LogP contribution in [-0.2, 0) is 23.4 Å². The van der Waals surface area contributed by atoms with Crippen LogP contribution in [0.25, 0.3) is 0 Å². The van der Waals surface area contributed by atoms with Crippen molar-refractivity contribution in [2.45, 2.75) is 12.3 Å². The predicted molar refractivity (Wildman–Crippen MR) is 53.5 cm³/mol. The Morgan fingerprint density at radius 1 is 1.57 bits per heavy atom. The minimum Gasteiger partial charge on any atom is -0.326 e. The van der Waals surface area contributed by atoms with E-state index in [0.717, 1.165) is 5.56 Å². The molecule has 0 spiro atoms. The summed E-state index contributed by atoms with van der Waals surface area (Å²) in [5.41, 5.74) is 7.23. The predicted octanol–water partition coefficient (Wildman–Crippen LogP) is 0.739. The largest absolute Gasteiger partial charge is 0.326 e. The topological polar surface area (TPSA) is 87.1 Å². The molecule has 1 aromatic rings. The van der Waals surface area contributed by atoms with Crippen molar-refractivity contribution in [3.63, 3.8) is 0 Å². The molecule has 0 saturated carbocycles. The van der Waals surface area contributed by atoms with Gasteiger partial charge in [0.15, 0.2) is 11.1 Å². The van der Waals surface area contributed by atoms with E-state index < -0.39 is 11.1 Å². The molecule has 0 fully saturated rings. The van der Waals surface area contributed by atoms with E-state index in [-0.39, 0.29) is 5.75 Å². The molecule has 0 aliphatic heterocycles. The smallest absolute Gasteiger partial charge is 0.157 e. The second-order valence-electron chi connectivity index (χ2n) is 2.77. The van der Waals surface area contributed by atoms with E-state index in [4.69, 9.17) is 15.5 Å². The number of rotatable bonds is 3. The van der Waals surface area contributed by atoms with Crippen LogP contribution >= 0.6 is 0 Å². The van der Waals surface area contributed by atoms with Gasteiger partial charge in [0.2, 0.25) is 0 Å². The normalized spacial score (nSPS) is 12.1. The van der Waals surface area contributed by atoms with Gasteiger partial charge in [-0.05, 0) is 17.2 Å². The SMILES string of the molecule is N#Cc1cc(CN)ccc1CS(=O)O. The summed E-state index contributed by atoms with van der Waals surface area (Å²) < 4.78 is 19.3. The summed E-state index contributed by atoms with van der Waals surface area (Å²) in [4.78, 5) is 0. The van der Waals surface area contributed by atoms with Crippen molar-refractivity contribution in [1.29, 1.82) is 5.26 Å². The second kappa shape index (κ2) is 4.86. The summed E-state index contributed by atoms with van der Waals surface area (Å²) in [6, 6.07) is 7.03. The molecule has 5 heteroatoms. The highest BCUT2D eigenvalue weighted by Gasteiger charge is 2.05. The van der Waals surface area contributed by atoms with Crippen molar-refractivity contribution in [2.24, 2.45) is 5.73 Å². The Bertz CT molecular complexity index is 398. The first-order chi connectivity index (χ1) is 6.67. The lowest BCUT2D eigenvalue weighted by atomic mass is 10.1. The zero-order chi connectivity index (χ0) is 10.6. The van der Waals surface area contributed by atoms with Crippen LogP contribution in [0.15, 0.2) is 18.2 Å². The Morgan fingerprint density at radius 3 is 2.79 bits per heavy atom. The van der Waals surface area contributed by atoms with Crippen molar-refractivity contribution in [2.75, 3.05) is 0 Å². The number of hydrogen-bond acceptors (Lipinski definition) is 3. The molecular formula is C9H10N2O2S. The van der Waals surface area contributed by atoms with Gasteiger partial charge >= 0.3 is 0 Å². The summed E-state index contributed by atoms with van der Waals surface area (Å²) in [5, 5.41) is 8.78. The summed E-state index contributed by atoms with van der Waals surface area (Å²) in [6.45, 7) is 0.358. The fourth-order valence-electron chi connectivity index (χ4n) is 1.11. The van der Waals surface area contributed by atoms with Crippen LogP contribution in [0.1, 0.15) is 16.7 Å². The average Bonchev–Trinajstić information content (AvgIpc) is 2.17. The summed E-state index contributed by atoms with van der Waals surface area (Å²) in [7, 11) is 0. The zero-order valence-corrected chi connectivity index (χ0v) is 8.25. The van der Waals surface area contributed by atoms with Crippen molar-refractivity contribution in [3.05, 3.63) is 34.9 Å². The minimum atomic E-state index is -1.92. The van der Waals surface area contributed by atoms with E-state index in [1.165, 1.54) is 0 Å². The van der Waals surface area contributed by atoms with Crippen LogP contribution < -0.4 is 5.73 Å². The fourth-order valence-corrected chi connectivity index (χ4v) is 1.63. The van der Waals surface area contributed by atoms with Crippen LogP contribution in [0.3, 0.4) is 0 Å². The Labute approximate surface area is 84.6 Å². The summed E-state index contributed by atoms with van der Waals surface area (Å²) in [6.07, 6.45) is 0. The summed E-state index contributed by atoms with van der Waals surface area (Å²) >= 11 is -1.92. The molecule has 0 radical (unpaired) electrons. The fraction of sp³-hybridized carbons (Fsp3) is 0.222. The van der Waals surface area contributed by atoms with Crippen molar-refractivity contribution in [1.82, 2.24) is 0 Å². The van der Waals surface area contributed by atoms with Crippen LogP contribution in [0.5, 0.6) is 0 Å². The van der Waals surface area contributed by atoms with Crippen LogP contribution in [0.4, 0.5) is 0 Å². The Balaban J connectivity index is 3.07. The van der Waals surface area contributed by atoms with Gasteiger partial charge in [-0.3, -0.25) is 0 Å². The molecule has 0 heterocycles. The third-order valence-corrected chi connectivity index (χ3v) is 2.37. The lowest BCUT2D eigenvalue weighted by Crippen LogP contribution is -2.00. The van der Waals surface area contributed by atoms with Gasteiger partial charge in [-0.2, -0.15) is 5.26 Å². The minimum absolute atomic E-state index is 0.0201. The molecule has 14 heavy (non-hydrogen) atoms. The maximum atomic E-state index is 10.6. The van der Waals surface area contributed by atoms with E-state index in [1.807, 2.05) is 6.07 Å². The maximum Gasteiger partial charge on any atom is 0.157 e. The molecule has 0 amide bonds. The lowest BCUT2D eigenvalue weighted by Gasteiger charge is -2.03. The molecule has 1 aromatic carbocycles. The molecule has 74 valence electrons. The van der Waals surface area contributed by atoms with E-state index in [9.17, 15) is 4.21 Å². The third-order valence-electron chi connectivity index (χ3n) is 1.81. The number of nitrogens with two attached hydrogens (primary N) is 1. The molecular weight excluding hydrogens is 200 g/mol.